The molecule has 2 N–H and O–H groups in total. The lowest BCUT2D eigenvalue weighted by Gasteiger charge is -2.21. The summed E-state index contributed by atoms with van der Waals surface area (Å²) in [5.74, 6) is 1.32. The van der Waals surface area contributed by atoms with Gasteiger partial charge in [-0.1, -0.05) is 6.07 Å². The first-order valence-electron chi connectivity index (χ1n) is 10.5. The zero-order valence-electron chi connectivity index (χ0n) is 18.5. The van der Waals surface area contributed by atoms with Crippen molar-refractivity contribution >= 4 is 34.3 Å². The van der Waals surface area contributed by atoms with Gasteiger partial charge in [0.05, 0.1) is 18.2 Å². The number of fused-ring (bicyclic) bond motifs is 1. The van der Waals surface area contributed by atoms with Crippen molar-refractivity contribution in [1.29, 1.82) is 0 Å². The number of halogens is 3. The lowest BCUT2D eigenvalue weighted by atomic mass is 10.1. The molecule has 0 saturated carbocycles. The second-order valence-corrected chi connectivity index (χ2v) is 8.04. The first kappa shape index (κ1) is 22.6. The van der Waals surface area contributed by atoms with Crippen LogP contribution in [-0.4, -0.2) is 42.1 Å². The summed E-state index contributed by atoms with van der Waals surface area (Å²) < 4.78 is 45.3. The minimum absolute atomic E-state index is 0.00591. The molecule has 2 aromatic carbocycles. The molecule has 2 heterocycles. The van der Waals surface area contributed by atoms with E-state index in [1.165, 1.54) is 19.9 Å². The van der Waals surface area contributed by atoms with Gasteiger partial charge in [-0.25, -0.2) is 4.98 Å². The SMILES string of the molecule is COc1ccc2c(N3CC[C@H](NC(C)=O)C3)nc(Nc3ccc(C)c(C(F)(F)F)c3)nc2c1. The zero-order chi connectivity index (χ0) is 23.8. The van der Waals surface area contributed by atoms with Gasteiger partial charge in [0.25, 0.3) is 0 Å². The monoisotopic (exact) mass is 459 g/mol. The number of amides is 1. The van der Waals surface area contributed by atoms with Crippen LogP contribution in [0.2, 0.25) is 0 Å². The molecule has 33 heavy (non-hydrogen) atoms. The summed E-state index contributed by atoms with van der Waals surface area (Å²) >= 11 is 0. The number of carbonyl (C=O) groups is 1. The molecule has 4 rings (SSSR count). The number of aromatic nitrogens is 2. The zero-order valence-corrected chi connectivity index (χ0v) is 18.5. The van der Waals surface area contributed by atoms with E-state index in [2.05, 4.69) is 20.6 Å². The Morgan fingerprint density at radius 1 is 1.18 bits per heavy atom. The fourth-order valence-electron chi connectivity index (χ4n) is 4.01. The maximum absolute atomic E-state index is 13.3. The minimum Gasteiger partial charge on any atom is -0.497 e. The molecule has 10 heteroatoms. The number of alkyl halides is 3. The normalized spacial score (nSPS) is 16.2. The van der Waals surface area contributed by atoms with E-state index in [-0.39, 0.29) is 29.1 Å². The smallest absolute Gasteiger partial charge is 0.416 e. The van der Waals surface area contributed by atoms with E-state index in [9.17, 15) is 18.0 Å². The van der Waals surface area contributed by atoms with Gasteiger partial charge in [0.2, 0.25) is 11.9 Å². The van der Waals surface area contributed by atoms with Crippen LogP contribution in [0.4, 0.5) is 30.6 Å². The molecule has 1 saturated heterocycles. The standard InChI is InChI=1S/C23H24F3N5O2/c1-13-4-5-15(10-19(13)23(24,25)26)28-22-29-20-11-17(33-3)6-7-18(20)21(30-22)31-9-8-16(12-31)27-14(2)32/h4-7,10-11,16H,8-9,12H2,1-3H3,(H,27,32)(H,28,29,30)/t16-/m0/s1. The Morgan fingerprint density at radius 2 is 1.97 bits per heavy atom. The third-order valence-electron chi connectivity index (χ3n) is 5.58. The highest BCUT2D eigenvalue weighted by molar-refractivity contribution is 5.92. The van der Waals surface area contributed by atoms with Gasteiger partial charge in [0.1, 0.15) is 11.6 Å². The highest BCUT2D eigenvalue weighted by Gasteiger charge is 2.32. The second-order valence-electron chi connectivity index (χ2n) is 8.04. The molecule has 174 valence electrons. The summed E-state index contributed by atoms with van der Waals surface area (Å²) in [6.07, 6.45) is -3.70. The average Bonchev–Trinajstić information content (AvgIpc) is 3.20. The maximum atomic E-state index is 13.3. The lowest BCUT2D eigenvalue weighted by molar-refractivity contribution is -0.138. The molecule has 0 unspecified atom stereocenters. The number of hydrogen-bond acceptors (Lipinski definition) is 6. The molecule has 1 amide bonds. The van der Waals surface area contributed by atoms with Crippen LogP contribution in [0.25, 0.3) is 10.9 Å². The summed E-state index contributed by atoms with van der Waals surface area (Å²) in [7, 11) is 1.55. The number of aryl methyl sites for hydroxylation is 1. The molecule has 1 aromatic heterocycles. The summed E-state index contributed by atoms with van der Waals surface area (Å²) in [5, 5.41) is 6.62. The first-order chi connectivity index (χ1) is 15.6. The number of ether oxygens (including phenoxy) is 1. The predicted molar refractivity (Wildman–Crippen MR) is 120 cm³/mol. The number of anilines is 3. The Hall–Kier alpha value is -3.56. The predicted octanol–water partition coefficient (Wildman–Crippen LogP) is 4.42. The van der Waals surface area contributed by atoms with E-state index in [1.807, 2.05) is 11.0 Å². The minimum atomic E-state index is -4.46. The average molecular weight is 459 g/mol. The number of hydrogen-bond donors (Lipinski definition) is 2. The van der Waals surface area contributed by atoms with Crippen LogP contribution in [0.5, 0.6) is 5.75 Å². The van der Waals surface area contributed by atoms with Crippen LogP contribution in [0.1, 0.15) is 24.5 Å². The number of carbonyl (C=O) groups excluding carboxylic acids is 1. The van der Waals surface area contributed by atoms with Gasteiger partial charge in [-0.15, -0.1) is 0 Å². The van der Waals surface area contributed by atoms with Crippen molar-refractivity contribution in [3.8, 4) is 5.75 Å². The molecule has 0 bridgehead atoms. The Kier molecular flexibility index (Phi) is 6.01. The van der Waals surface area contributed by atoms with Gasteiger partial charge in [-0.3, -0.25) is 4.79 Å². The molecule has 1 aliphatic rings. The largest absolute Gasteiger partial charge is 0.497 e. The number of nitrogens with zero attached hydrogens (tertiary/aromatic N) is 3. The van der Waals surface area contributed by atoms with E-state index < -0.39 is 11.7 Å². The quantitative estimate of drug-likeness (QED) is 0.588. The van der Waals surface area contributed by atoms with E-state index in [0.717, 1.165) is 17.9 Å². The van der Waals surface area contributed by atoms with Gasteiger partial charge in [0.15, 0.2) is 0 Å². The van der Waals surface area contributed by atoms with E-state index in [0.29, 0.717) is 30.2 Å². The molecule has 3 aromatic rings. The van der Waals surface area contributed by atoms with Gasteiger partial charge < -0.3 is 20.3 Å². The summed E-state index contributed by atoms with van der Waals surface area (Å²) in [6.45, 7) is 4.14. The Morgan fingerprint density at radius 3 is 2.67 bits per heavy atom. The van der Waals surface area contributed by atoms with Crippen LogP contribution in [-0.2, 0) is 11.0 Å². The van der Waals surface area contributed by atoms with Gasteiger partial charge >= 0.3 is 6.18 Å². The fraction of sp³-hybridized carbons (Fsp3) is 0.348. The topological polar surface area (TPSA) is 79.4 Å². The van der Waals surface area contributed by atoms with Crippen molar-refractivity contribution in [2.24, 2.45) is 0 Å². The van der Waals surface area contributed by atoms with Crippen molar-refractivity contribution in [2.75, 3.05) is 30.4 Å². The van der Waals surface area contributed by atoms with Crippen LogP contribution < -0.4 is 20.3 Å². The molecule has 1 atom stereocenters. The molecule has 0 aliphatic carbocycles. The highest BCUT2D eigenvalue weighted by atomic mass is 19.4. The van der Waals surface area contributed by atoms with Gasteiger partial charge in [-0.2, -0.15) is 18.2 Å². The molecule has 0 radical (unpaired) electrons. The molecule has 1 aliphatic heterocycles. The Labute approximate surface area is 189 Å². The van der Waals surface area contributed by atoms with Gasteiger partial charge in [-0.05, 0) is 43.2 Å². The van der Waals surface area contributed by atoms with E-state index >= 15 is 0 Å². The van der Waals surface area contributed by atoms with Crippen molar-refractivity contribution in [3.05, 3.63) is 47.5 Å². The van der Waals surface area contributed by atoms with Crippen molar-refractivity contribution < 1.29 is 22.7 Å². The van der Waals surface area contributed by atoms with Crippen LogP contribution >= 0.6 is 0 Å². The van der Waals surface area contributed by atoms with E-state index in [1.54, 1.807) is 25.3 Å². The number of nitrogens with one attached hydrogen (secondary N) is 2. The Bertz CT molecular complexity index is 1200. The Balaban J connectivity index is 1.73. The number of methoxy groups -OCH3 is 1. The molecular weight excluding hydrogens is 435 g/mol. The highest BCUT2D eigenvalue weighted by Crippen LogP contribution is 2.35. The summed E-state index contributed by atoms with van der Waals surface area (Å²) in [5.41, 5.74) is 0.249. The van der Waals surface area contributed by atoms with Crippen molar-refractivity contribution in [2.45, 2.75) is 32.5 Å². The molecule has 7 nitrogen and oxygen atoms in total. The van der Waals surface area contributed by atoms with Crippen LogP contribution in [0.3, 0.4) is 0 Å². The lowest BCUT2D eigenvalue weighted by Crippen LogP contribution is -2.35. The van der Waals surface area contributed by atoms with Crippen LogP contribution in [0, 0.1) is 6.92 Å². The van der Waals surface area contributed by atoms with Crippen LogP contribution in [0.15, 0.2) is 36.4 Å². The molecule has 0 spiro atoms. The number of rotatable bonds is 5. The fourth-order valence-corrected chi connectivity index (χ4v) is 4.01. The second kappa shape index (κ2) is 8.76. The summed E-state index contributed by atoms with van der Waals surface area (Å²) in [4.78, 5) is 22.6. The number of benzene rings is 2. The maximum Gasteiger partial charge on any atom is 0.416 e. The molecular formula is C23H24F3N5O2. The van der Waals surface area contributed by atoms with Crippen molar-refractivity contribution in [1.82, 2.24) is 15.3 Å². The first-order valence-corrected chi connectivity index (χ1v) is 10.5. The third kappa shape index (κ3) is 4.94. The molecule has 1 fully saturated rings. The third-order valence-corrected chi connectivity index (χ3v) is 5.58. The summed E-state index contributed by atoms with van der Waals surface area (Å²) in [6, 6.07) is 9.43. The van der Waals surface area contributed by atoms with E-state index in [4.69, 9.17) is 4.74 Å². The van der Waals surface area contributed by atoms with Gasteiger partial charge in [0, 0.05) is 43.2 Å². The van der Waals surface area contributed by atoms with Crippen molar-refractivity contribution in [3.63, 3.8) is 0 Å².